The second-order valence-electron chi connectivity index (χ2n) is 7.49. The van der Waals surface area contributed by atoms with Crippen LogP contribution in [0, 0.1) is 5.92 Å². The smallest absolute Gasteiger partial charge is 0.251 e. The molecule has 0 atom stereocenters. The summed E-state index contributed by atoms with van der Waals surface area (Å²) in [5, 5.41) is 8.81. The average molecular weight is 422 g/mol. The maximum atomic E-state index is 13.0. The van der Waals surface area contributed by atoms with Crippen molar-refractivity contribution >= 4 is 28.8 Å². The van der Waals surface area contributed by atoms with Crippen LogP contribution in [0.15, 0.2) is 54.0 Å². The summed E-state index contributed by atoms with van der Waals surface area (Å²) in [6, 6.07) is 13.6. The number of hydrogen-bond acceptors (Lipinski definition) is 4. The Labute approximate surface area is 181 Å². The largest absolute Gasteiger partial charge is 0.348 e. The van der Waals surface area contributed by atoms with E-state index in [0.717, 1.165) is 34.5 Å². The van der Waals surface area contributed by atoms with Gasteiger partial charge < -0.3 is 10.6 Å². The van der Waals surface area contributed by atoms with Gasteiger partial charge in [-0.2, -0.15) is 0 Å². The molecule has 0 fully saturated rings. The summed E-state index contributed by atoms with van der Waals surface area (Å²) in [6.07, 6.45) is 3.53. The Morgan fingerprint density at radius 1 is 1.13 bits per heavy atom. The zero-order valence-electron chi connectivity index (χ0n) is 17.6. The van der Waals surface area contributed by atoms with Crippen LogP contribution in [-0.2, 0) is 17.8 Å². The highest BCUT2D eigenvalue weighted by molar-refractivity contribution is 7.13. The quantitative estimate of drug-likeness (QED) is 0.519. The summed E-state index contributed by atoms with van der Waals surface area (Å²) in [6.45, 7) is 6.19. The van der Waals surface area contributed by atoms with Gasteiger partial charge in [0.25, 0.3) is 5.91 Å². The van der Waals surface area contributed by atoms with Crippen LogP contribution >= 0.6 is 11.3 Å². The molecule has 0 unspecified atom stereocenters. The number of rotatable bonds is 8. The van der Waals surface area contributed by atoms with Gasteiger partial charge in [0.15, 0.2) is 0 Å². The molecule has 3 aromatic rings. The molecule has 2 aromatic carbocycles. The van der Waals surface area contributed by atoms with Crippen LogP contribution in [0.1, 0.15) is 48.7 Å². The fraction of sp³-hybridized carbons (Fsp3) is 0.292. The number of carbonyl (C=O) groups excluding carboxylic acids is 2. The first-order chi connectivity index (χ1) is 14.5. The van der Waals surface area contributed by atoms with Crippen LogP contribution in [0.25, 0.3) is 10.6 Å². The Balaban J connectivity index is 1.75. The molecule has 3 rings (SSSR count). The van der Waals surface area contributed by atoms with Gasteiger partial charge >= 0.3 is 0 Å². The minimum absolute atomic E-state index is 0.0661. The van der Waals surface area contributed by atoms with Crippen LogP contribution < -0.4 is 10.6 Å². The minimum Gasteiger partial charge on any atom is -0.348 e. The van der Waals surface area contributed by atoms with Gasteiger partial charge in [-0.3, -0.25) is 9.59 Å². The van der Waals surface area contributed by atoms with E-state index >= 15 is 0 Å². The van der Waals surface area contributed by atoms with Crippen molar-refractivity contribution in [2.75, 3.05) is 5.32 Å². The number of aryl methyl sites for hydroxylation is 1. The van der Waals surface area contributed by atoms with E-state index in [4.69, 9.17) is 0 Å². The van der Waals surface area contributed by atoms with E-state index in [1.165, 1.54) is 0 Å². The fourth-order valence-corrected chi connectivity index (χ4v) is 3.73. The molecule has 5 nitrogen and oxygen atoms in total. The summed E-state index contributed by atoms with van der Waals surface area (Å²) >= 11 is 1.59. The zero-order valence-corrected chi connectivity index (χ0v) is 18.4. The Morgan fingerprint density at radius 2 is 1.97 bits per heavy atom. The van der Waals surface area contributed by atoms with Crippen LogP contribution in [0.4, 0.5) is 5.69 Å². The molecular formula is C24H27N3O2S. The fourth-order valence-electron chi connectivity index (χ4n) is 3.10. The van der Waals surface area contributed by atoms with Gasteiger partial charge in [0.2, 0.25) is 5.91 Å². The molecule has 0 aliphatic carbocycles. The van der Waals surface area contributed by atoms with Gasteiger partial charge in [0, 0.05) is 40.9 Å². The van der Waals surface area contributed by atoms with Crippen molar-refractivity contribution < 1.29 is 9.59 Å². The molecular weight excluding hydrogens is 394 g/mol. The molecule has 0 saturated carbocycles. The summed E-state index contributed by atoms with van der Waals surface area (Å²) in [4.78, 5) is 29.3. The predicted molar refractivity (Wildman–Crippen MR) is 123 cm³/mol. The molecule has 6 heteroatoms. The number of thiazole rings is 1. The number of hydrogen-bond donors (Lipinski definition) is 2. The zero-order chi connectivity index (χ0) is 21.5. The molecule has 0 saturated heterocycles. The molecule has 0 bridgehead atoms. The lowest BCUT2D eigenvalue weighted by molar-refractivity contribution is -0.118. The number of benzene rings is 2. The molecule has 30 heavy (non-hydrogen) atoms. The van der Waals surface area contributed by atoms with Crippen molar-refractivity contribution in [1.29, 1.82) is 0 Å². The van der Waals surface area contributed by atoms with Crippen molar-refractivity contribution in [3.63, 3.8) is 0 Å². The third kappa shape index (κ3) is 5.54. The molecule has 156 valence electrons. The topological polar surface area (TPSA) is 71.1 Å². The first-order valence-electron chi connectivity index (χ1n) is 10.2. The van der Waals surface area contributed by atoms with Gasteiger partial charge in [-0.25, -0.2) is 4.98 Å². The lowest BCUT2D eigenvalue weighted by atomic mass is 10.0. The summed E-state index contributed by atoms with van der Waals surface area (Å²) < 4.78 is 0. The van der Waals surface area contributed by atoms with Gasteiger partial charge in [-0.1, -0.05) is 51.5 Å². The lowest BCUT2D eigenvalue weighted by Crippen LogP contribution is -2.25. The van der Waals surface area contributed by atoms with Gasteiger partial charge in [-0.15, -0.1) is 11.3 Å². The molecule has 1 aromatic heterocycles. The van der Waals surface area contributed by atoms with Crippen LogP contribution in [-0.4, -0.2) is 16.8 Å². The molecule has 1 heterocycles. The number of aromatic nitrogens is 1. The van der Waals surface area contributed by atoms with E-state index in [9.17, 15) is 9.59 Å². The average Bonchev–Trinajstić information content (AvgIpc) is 3.28. The third-order valence-electron chi connectivity index (χ3n) is 4.73. The number of nitrogens with zero attached hydrogens (tertiary/aromatic N) is 1. The monoisotopic (exact) mass is 421 g/mol. The Bertz CT molecular complexity index is 1010. The standard InChI is InChI=1S/C24H27N3O2S/c1-4-6-18-9-10-20(27-22(28)16(2)3)14-21(18)23(29)26-15-17-7-5-8-19(13-17)24-25-11-12-30-24/h5,7-14,16H,4,6,15H2,1-3H3,(H,26,29)(H,27,28). The number of nitrogens with one attached hydrogen (secondary N) is 2. The van der Waals surface area contributed by atoms with E-state index < -0.39 is 0 Å². The third-order valence-corrected chi connectivity index (χ3v) is 5.55. The lowest BCUT2D eigenvalue weighted by Gasteiger charge is -2.14. The second-order valence-corrected chi connectivity index (χ2v) is 8.38. The van der Waals surface area contributed by atoms with Crippen molar-refractivity contribution in [1.82, 2.24) is 10.3 Å². The normalized spacial score (nSPS) is 10.8. The van der Waals surface area contributed by atoms with E-state index in [1.54, 1.807) is 23.6 Å². The molecule has 0 aliphatic heterocycles. The Morgan fingerprint density at radius 3 is 2.67 bits per heavy atom. The van der Waals surface area contributed by atoms with Gasteiger partial charge in [0.05, 0.1) is 0 Å². The van der Waals surface area contributed by atoms with Crippen LogP contribution in [0.2, 0.25) is 0 Å². The first kappa shape index (κ1) is 21.7. The number of amides is 2. The maximum Gasteiger partial charge on any atom is 0.251 e. The number of carbonyl (C=O) groups is 2. The minimum atomic E-state index is -0.140. The molecule has 0 aliphatic rings. The van der Waals surface area contributed by atoms with E-state index in [-0.39, 0.29) is 17.7 Å². The summed E-state index contributed by atoms with van der Waals surface area (Å²) in [7, 11) is 0. The van der Waals surface area contributed by atoms with Gasteiger partial charge in [0.1, 0.15) is 5.01 Å². The van der Waals surface area contributed by atoms with Gasteiger partial charge in [-0.05, 0) is 35.7 Å². The maximum absolute atomic E-state index is 13.0. The van der Waals surface area contributed by atoms with Crippen molar-refractivity contribution in [2.24, 2.45) is 5.92 Å². The Kier molecular flexibility index (Phi) is 7.36. The summed E-state index contributed by atoms with van der Waals surface area (Å²) in [5.74, 6) is -0.329. The molecule has 2 N–H and O–H groups in total. The molecule has 2 amide bonds. The van der Waals surface area contributed by atoms with E-state index in [2.05, 4.69) is 22.5 Å². The van der Waals surface area contributed by atoms with Crippen molar-refractivity contribution in [3.8, 4) is 10.6 Å². The second kappa shape index (κ2) is 10.2. The SMILES string of the molecule is CCCc1ccc(NC(=O)C(C)C)cc1C(=O)NCc1cccc(-c2nccs2)c1. The number of anilines is 1. The van der Waals surface area contributed by atoms with E-state index in [1.807, 2.05) is 55.6 Å². The molecule has 0 radical (unpaired) electrons. The highest BCUT2D eigenvalue weighted by Crippen LogP contribution is 2.23. The predicted octanol–water partition coefficient (Wildman–Crippen LogP) is 5.29. The highest BCUT2D eigenvalue weighted by Gasteiger charge is 2.14. The highest BCUT2D eigenvalue weighted by atomic mass is 32.1. The van der Waals surface area contributed by atoms with E-state index in [0.29, 0.717) is 17.8 Å². The molecule has 0 spiro atoms. The van der Waals surface area contributed by atoms with Crippen molar-refractivity contribution in [2.45, 2.75) is 40.2 Å². The van der Waals surface area contributed by atoms with Crippen molar-refractivity contribution in [3.05, 3.63) is 70.7 Å². The Hall–Kier alpha value is -2.99. The van der Waals surface area contributed by atoms with Crippen LogP contribution in [0.3, 0.4) is 0 Å². The summed E-state index contributed by atoms with van der Waals surface area (Å²) in [5.41, 5.74) is 4.28. The first-order valence-corrected chi connectivity index (χ1v) is 11.1. The van der Waals surface area contributed by atoms with Crippen LogP contribution in [0.5, 0.6) is 0 Å².